The van der Waals surface area contributed by atoms with Crippen molar-refractivity contribution in [2.45, 2.75) is 57.5 Å². The Kier molecular flexibility index (Phi) is 21.5. The van der Waals surface area contributed by atoms with Gasteiger partial charge in [0.25, 0.3) is 23.6 Å². The predicted molar refractivity (Wildman–Crippen MR) is 296 cm³/mol. The fraction of sp³-hybridized carbons (Fsp3) is 0.293. The monoisotopic (exact) mass is 1150 g/mol. The lowest BCUT2D eigenvalue weighted by Gasteiger charge is -2.24. The number of rotatable bonds is 18. The Morgan fingerprint density at radius 3 is 1.38 bits per heavy atom. The lowest BCUT2D eigenvalue weighted by Crippen LogP contribution is -2.51. The summed E-state index contributed by atoms with van der Waals surface area (Å²) < 4.78 is 55.8. The number of benzene rings is 4. The molecule has 0 radical (unpaired) electrons. The number of nitrogens with zero attached hydrogens (tertiary/aromatic N) is 3. The van der Waals surface area contributed by atoms with Gasteiger partial charge in [-0.15, -0.1) is 12.4 Å². The molecule has 82 heavy (non-hydrogen) atoms. The molecule has 4 heterocycles. The van der Waals surface area contributed by atoms with Crippen LogP contribution in [0.3, 0.4) is 0 Å². The number of aromatic hydroxyl groups is 1. The number of likely N-dealkylation sites (tertiary alicyclic amines) is 1. The van der Waals surface area contributed by atoms with Crippen molar-refractivity contribution in [2.75, 3.05) is 53.8 Å². The fourth-order valence-corrected chi connectivity index (χ4v) is 8.54. The number of halogens is 3. The van der Waals surface area contributed by atoms with E-state index in [0.717, 1.165) is 0 Å². The van der Waals surface area contributed by atoms with Crippen molar-refractivity contribution >= 4 is 53.7 Å². The van der Waals surface area contributed by atoms with Crippen molar-refractivity contribution in [3.63, 3.8) is 0 Å². The second kappa shape index (κ2) is 28.4. The van der Waals surface area contributed by atoms with Crippen molar-refractivity contribution in [2.24, 2.45) is 0 Å². The number of amides is 5. The Morgan fingerprint density at radius 2 is 0.951 bits per heavy atom. The molecule has 2 aliphatic rings. The zero-order valence-corrected chi connectivity index (χ0v) is 46.3. The first kappa shape index (κ1) is 62.1. The molecule has 24 heteroatoms. The van der Waals surface area contributed by atoms with E-state index in [-0.39, 0.29) is 95.3 Å². The van der Waals surface area contributed by atoms with Crippen LogP contribution < -0.4 is 40.8 Å². The molecule has 2 fully saturated rings. The molecule has 0 aliphatic carbocycles. The smallest absolute Gasteiger partial charge is 0.410 e. The topological polar surface area (TPSA) is 275 Å². The van der Waals surface area contributed by atoms with Crippen molar-refractivity contribution in [3.8, 4) is 23.0 Å². The average molecular weight is 1150 g/mol. The van der Waals surface area contributed by atoms with Crippen LogP contribution in [0.15, 0.2) is 122 Å². The number of carbonyl (C=O) groups is 7. The number of aromatic nitrogens is 2. The SMILES string of the molecule is CCOCOc1ccc(OC)c(F)c1C(=O)c1ccc(C(=O)N[C@@H]2CN(C(=O)OC(C)(C)C)C[C@H]2NC(=O)c2ccncc2)cc1.COc1ccc(O)c(C(=O)c2ccc(C(=O)N[C@@H]3CNC[C@H]3NC(=O)c3ccncc3)cc2)c1F.Cl. The second-order valence-electron chi connectivity index (χ2n) is 19.3. The molecule has 8 rings (SSSR count). The Bertz CT molecular complexity index is 3250. The van der Waals surface area contributed by atoms with E-state index in [0.29, 0.717) is 30.8 Å². The molecule has 5 amide bonds. The molecule has 21 nitrogen and oxygen atoms in total. The fourth-order valence-electron chi connectivity index (χ4n) is 8.54. The van der Waals surface area contributed by atoms with E-state index in [9.17, 15) is 43.1 Å². The number of nitrogens with one attached hydrogen (secondary N) is 5. The molecule has 2 saturated heterocycles. The Hall–Kier alpha value is -9.06. The van der Waals surface area contributed by atoms with Crippen molar-refractivity contribution in [1.29, 1.82) is 0 Å². The summed E-state index contributed by atoms with van der Waals surface area (Å²) in [6.07, 6.45) is 5.45. The van der Waals surface area contributed by atoms with E-state index < -0.39 is 76.0 Å². The second-order valence-corrected chi connectivity index (χ2v) is 19.3. The van der Waals surface area contributed by atoms with Gasteiger partial charge in [0.15, 0.2) is 41.5 Å². The molecule has 0 bridgehead atoms. The van der Waals surface area contributed by atoms with Crippen LogP contribution in [0, 0.1) is 11.6 Å². The molecule has 6 aromatic rings. The third-order valence-corrected chi connectivity index (χ3v) is 12.7. The normalized spacial score (nSPS) is 16.2. The zero-order valence-electron chi connectivity index (χ0n) is 45.5. The van der Waals surface area contributed by atoms with Crippen LogP contribution in [0.2, 0.25) is 0 Å². The summed E-state index contributed by atoms with van der Waals surface area (Å²) >= 11 is 0. The number of hydrogen-bond donors (Lipinski definition) is 6. The van der Waals surface area contributed by atoms with Gasteiger partial charge < -0.3 is 60.3 Å². The Morgan fingerprint density at radius 1 is 0.573 bits per heavy atom. The van der Waals surface area contributed by atoms with Crippen LogP contribution in [0.5, 0.6) is 23.0 Å². The Balaban J connectivity index is 0.000000270. The van der Waals surface area contributed by atoms with Crippen molar-refractivity contribution in [1.82, 2.24) is 41.5 Å². The molecular weight excluding hydrogens is 1090 g/mol. The molecule has 2 aromatic heterocycles. The molecule has 6 N–H and O–H groups in total. The molecule has 432 valence electrons. The summed E-state index contributed by atoms with van der Waals surface area (Å²) in [5.41, 5.74) is -0.0710. The zero-order chi connectivity index (χ0) is 58.4. The van der Waals surface area contributed by atoms with Crippen LogP contribution in [-0.4, -0.2) is 145 Å². The molecule has 0 saturated carbocycles. The minimum absolute atomic E-state index is 0. The largest absolute Gasteiger partial charge is 0.507 e. The highest BCUT2D eigenvalue weighted by Gasteiger charge is 2.39. The first-order valence-electron chi connectivity index (χ1n) is 25.4. The molecule has 4 atom stereocenters. The van der Waals surface area contributed by atoms with E-state index in [2.05, 4.69) is 36.6 Å². The lowest BCUT2D eigenvalue weighted by atomic mass is 10.00. The highest BCUT2D eigenvalue weighted by atomic mass is 35.5. The summed E-state index contributed by atoms with van der Waals surface area (Å²) in [5.74, 6) is -5.68. The third kappa shape index (κ3) is 15.6. The highest BCUT2D eigenvalue weighted by Crippen LogP contribution is 2.32. The molecular formula is C58H61ClF2N8O13. The minimum Gasteiger partial charge on any atom is -0.507 e. The van der Waals surface area contributed by atoms with Gasteiger partial charge in [-0.2, -0.15) is 0 Å². The van der Waals surface area contributed by atoms with E-state index in [1.54, 1.807) is 52.0 Å². The maximum absolute atomic E-state index is 15.2. The highest BCUT2D eigenvalue weighted by molar-refractivity contribution is 6.12. The summed E-state index contributed by atoms with van der Waals surface area (Å²) in [5, 5.41) is 24.7. The predicted octanol–water partition coefficient (Wildman–Crippen LogP) is 6.07. The van der Waals surface area contributed by atoms with Crippen molar-refractivity contribution in [3.05, 3.63) is 178 Å². The van der Waals surface area contributed by atoms with Gasteiger partial charge in [-0.1, -0.05) is 24.3 Å². The van der Waals surface area contributed by atoms with Crippen LogP contribution in [0.25, 0.3) is 0 Å². The van der Waals surface area contributed by atoms with E-state index in [1.807, 2.05) is 0 Å². The number of carbonyl (C=O) groups excluding carboxylic acids is 7. The molecule has 0 spiro atoms. The maximum Gasteiger partial charge on any atom is 0.410 e. The summed E-state index contributed by atoms with van der Waals surface area (Å²) in [6.45, 7) is 8.33. The third-order valence-electron chi connectivity index (χ3n) is 12.7. The van der Waals surface area contributed by atoms with Gasteiger partial charge >= 0.3 is 6.09 Å². The van der Waals surface area contributed by atoms with Gasteiger partial charge in [0.05, 0.1) is 38.4 Å². The van der Waals surface area contributed by atoms with Gasteiger partial charge in [-0.25, -0.2) is 13.6 Å². The molecule has 2 aliphatic heterocycles. The van der Waals surface area contributed by atoms with Gasteiger partial charge in [0.2, 0.25) is 0 Å². The van der Waals surface area contributed by atoms with Crippen molar-refractivity contribution < 1.29 is 71.1 Å². The number of hydrogen-bond acceptors (Lipinski definition) is 16. The summed E-state index contributed by atoms with van der Waals surface area (Å²) in [4.78, 5) is 99.7. The standard InChI is InChI=1S/C33H37FN4O8.C25H23FN4O5.ClH/c1-6-44-19-45-25-11-12-26(43-5)28(34)27(25)29(39)20-7-9-21(10-8-20)30(40)36-23-17-38(32(42)46-33(2,3)4)18-24(23)37-31(41)22-13-15-35-16-14-22;1-35-20-7-6-19(31)21(22(20)26)23(32)14-2-4-15(5-3-14)24(33)29-17-12-28-13-18(17)30-25(34)16-8-10-27-11-9-16;/h7-16,23-24H,6,17-19H2,1-5H3,(H,36,40)(H,37,41);2-11,17-18,28,31H,12-13H2,1H3,(H,29,33)(H,30,34);1H/t23-,24-;17-,18-;/m11./s1. The molecule has 4 aromatic carbocycles. The van der Waals surface area contributed by atoms with Crippen LogP contribution in [0.1, 0.15) is 101 Å². The number of methoxy groups -OCH3 is 2. The van der Waals surface area contributed by atoms with Crippen LogP contribution in [0.4, 0.5) is 13.6 Å². The number of ketones is 2. The number of phenols is 1. The van der Waals surface area contributed by atoms with Gasteiger partial charge in [-0.05, 0) is 100 Å². The first-order valence-corrected chi connectivity index (χ1v) is 25.4. The number of pyridine rings is 2. The first-order chi connectivity index (χ1) is 38.8. The summed E-state index contributed by atoms with van der Waals surface area (Å²) in [6, 6.07) is 20.8. The Labute approximate surface area is 476 Å². The van der Waals surface area contributed by atoms with Crippen LogP contribution >= 0.6 is 12.4 Å². The lowest BCUT2D eigenvalue weighted by molar-refractivity contribution is 0.0216. The van der Waals surface area contributed by atoms with E-state index >= 15 is 4.39 Å². The summed E-state index contributed by atoms with van der Waals surface area (Å²) in [7, 11) is 2.54. The van der Waals surface area contributed by atoms with Crippen LogP contribution in [-0.2, 0) is 9.47 Å². The number of ether oxygens (including phenoxy) is 5. The van der Waals surface area contributed by atoms with E-state index in [1.165, 1.54) is 117 Å². The quantitative estimate of drug-likeness (QED) is 0.0324. The van der Waals surface area contributed by atoms with Gasteiger partial charge in [0, 0.05) is 91.0 Å². The van der Waals surface area contributed by atoms with Gasteiger partial charge in [-0.3, -0.25) is 38.7 Å². The average Bonchev–Trinajstić information content (AvgIpc) is 4.17. The maximum atomic E-state index is 15.2. The number of phenolic OH excluding ortho intramolecular Hbond substituents is 1. The van der Waals surface area contributed by atoms with E-state index in [4.69, 9.17) is 23.7 Å². The minimum atomic E-state index is -0.965. The molecule has 0 unspecified atom stereocenters. The van der Waals surface area contributed by atoms with Gasteiger partial charge in [0.1, 0.15) is 28.2 Å².